The van der Waals surface area contributed by atoms with Gasteiger partial charge in [-0.05, 0) is 118 Å². The van der Waals surface area contributed by atoms with Gasteiger partial charge in [0.15, 0.2) is 11.3 Å². The van der Waals surface area contributed by atoms with E-state index < -0.39 is 6.10 Å². The lowest BCUT2D eigenvalue weighted by molar-refractivity contribution is 0.00480. The van der Waals surface area contributed by atoms with Crippen LogP contribution in [0.1, 0.15) is 54.6 Å². The molecule has 2 aliphatic heterocycles. The Labute approximate surface area is 316 Å². The van der Waals surface area contributed by atoms with Gasteiger partial charge in [-0.25, -0.2) is 9.03 Å². The van der Waals surface area contributed by atoms with Crippen molar-refractivity contribution >= 4 is 56.4 Å². The predicted octanol–water partition coefficient (Wildman–Crippen LogP) is 6.74. The van der Waals surface area contributed by atoms with E-state index in [0.29, 0.717) is 36.7 Å². The van der Waals surface area contributed by atoms with Crippen LogP contribution in [0.25, 0.3) is 33.1 Å². The first-order valence-electron chi connectivity index (χ1n) is 18.9. The Morgan fingerprint density at radius 2 is 1.25 bits per heavy atom. The third-order valence-electron chi connectivity index (χ3n) is 10.7. The van der Waals surface area contributed by atoms with Gasteiger partial charge in [-0.3, -0.25) is 10.2 Å². The van der Waals surface area contributed by atoms with E-state index in [0.717, 1.165) is 101 Å². The quantitative estimate of drug-likeness (QED) is 0.111. The van der Waals surface area contributed by atoms with Gasteiger partial charge in [-0.15, -0.1) is 10.2 Å². The second-order valence-electron chi connectivity index (χ2n) is 14.4. The fourth-order valence-electron chi connectivity index (χ4n) is 7.59. The van der Waals surface area contributed by atoms with E-state index in [1.165, 1.54) is 5.69 Å². The van der Waals surface area contributed by atoms with Gasteiger partial charge < -0.3 is 25.2 Å². The summed E-state index contributed by atoms with van der Waals surface area (Å²) < 4.78 is 14.6. The number of nitrogens with zero attached hydrogens (tertiary/aromatic N) is 8. The zero-order valence-electron chi connectivity index (χ0n) is 30.9. The van der Waals surface area contributed by atoms with Gasteiger partial charge in [0.2, 0.25) is 11.9 Å². The third kappa shape index (κ3) is 7.33. The highest BCUT2D eigenvalue weighted by atomic mass is 16.5. The highest BCUT2D eigenvalue weighted by Crippen LogP contribution is 2.31. The molecule has 15 nitrogen and oxygen atoms in total. The highest BCUT2D eigenvalue weighted by Gasteiger charge is 2.26. The molecule has 2 aromatic carbocycles. The lowest BCUT2D eigenvalue weighted by Crippen LogP contribution is -2.23. The number of benzene rings is 2. The Bertz CT molecular complexity index is 2580. The molecular weight excluding hydrogens is 697 g/mol. The molecule has 8 heterocycles. The number of aryl methyl sites for hydroxylation is 2. The summed E-state index contributed by atoms with van der Waals surface area (Å²) in [5, 5.41) is 43.6. The second kappa shape index (κ2) is 15.1. The molecule has 1 unspecified atom stereocenters. The van der Waals surface area contributed by atoms with Crippen molar-refractivity contribution in [2.45, 2.75) is 52.1 Å². The van der Waals surface area contributed by atoms with Crippen molar-refractivity contribution in [1.29, 1.82) is 0 Å². The Balaban J connectivity index is 0.000000144. The van der Waals surface area contributed by atoms with Crippen LogP contribution < -0.4 is 10.6 Å². The summed E-state index contributed by atoms with van der Waals surface area (Å²) in [5.74, 6) is 1.90. The topological polar surface area (TPSA) is 180 Å². The normalized spacial score (nSPS) is 16.1. The fraction of sp³-hybridized carbons (Fsp3) is 0.350. The van der Waals surface area contributed by atoms with Crippen molar-refractivity contribution in [2.75, 3.05) is 37.1 Å². The molecule has 0 amide bonds. The molecule has 5 N–H and O–H groups in total. The van der Waals surface area contributed by atoms with Crippen molar-refractivity contribution in [1.82, 2.24) is 49.6 Å². The number of anilines is 4. The van der Waals surface area contributed by atoms with Gasteiger partial charge in [-0.2, -0.15) is 20.2 Å². The number of ether oxygens (including phenoxy) is 2. The smallest absolute Gasteiger partial charge is 0.247 e. The highest BCUT2D eigenvalue weighted by molar-refractivity contribution is 5.85. The van der Waals surface area contributed by atoms with Crippen molar-refractivity contribution < 1.29 is 14.6 Å². The van der Waals surface area contributed by atoms with Gasteiger partial charge >= 0.3 is 0 Å². The summed E-state index contributed by atoms with van der Waals surface area (Å²) in [4.78, 5) is 9.19. The van der Waals surface area contributed by atoms with Crippen LogP contribution in [0.15, 0.2) is 72.8 Å². The van der Waals surface area contributed by atoms with Crippen LogP contribution >= 0.6 is 0 Å². The van der Waals surface area contributed by atoms with Crippen LogP contribution in [0.3, 0.4) is 0 Å². The molecule has 55 heavy (non-hydrogen) atoms. The molecule has 2 saturated heterocycles. The molecule has 15 heteroatoms. The molecule has 10 rings (SSSR count). The first-order chi connectivity index (χ1) is 26.9. The number of fused-ring (bicyclic) bond motifs is 4. The number of H-pyrrole nitrogens is 2. The van der Waals surface area contributed by atoms with Gasteiger partial charge in [0.1, 0.15) is 0 Å². The van der Waals surface area contributed by atoms with E-state index in [2.05, 4.69) is 64.3 Å². The fourth-order valence-corrected chi connectivity index (χ4v) is 7.59. The number of aromatic nitrogens is 10. The first kappa shape index (κ1) is 34.8. The summed E-state index contributed by atoms with van der Waals surface area (Å²) in [6.45, 7) is 7.12. The van der Waals surface area contributed by atoms with Crippen LogP contribution in [0.4, 0.5) is 23.3 Å². The summed E-state index contributed by atoms with van der Waals surface area (Å²) >= 11 is 0. The Morgan fingerprint density at radius 1 is 0.709 bits per heavy atom. The average Bonchev–Trinajstić information content (AvgIpc) is 4.01. The maximum absolute atomic E-state index is 10.9. The molecule has 0 spiro atoms. The van der Waals surface area contributed by atoms with Crippen LogP contribution in [0, 0.1) is 25.7 Å². The molecule has 282 valence electrons. The minimum atomic E-state index is -0.592. The van der Waals surface area contributed by atoms with Gasteiger partial charge in [0.25, 0.3) is 0 Å². The molecule has 0 aliphatic carbocycles. The first-order valence-corrected chi connectivity index (χ1v) is 18.9. The number of aliphatic hydroxyl groups excluding tert-OH is 1. The van der Waals surface area contributed by atoms with Crippen LogP contribution in [0.2, 0.25) is 0 Å². The van der Waals surface area contributed by atoms with E-state index in [1.807, 2.05) is 73.0 Å². The number of hydrogen-bond donors (Lipinski definition) is 5. The van der Waals surface area contributed by atoms with Gasteiger partial charge in [0, 0.05) is 65.7 Å². The lowest BCUT2D eigenvalue weighted by atomic mass is 9.92. The van der Waals surface area contributed by atoms with E-state index >= 15 is 0 Å². The maximum Gasteiger partial charge on any atom is 0.247 e. The molecule has 0 saturated carbocycles. The van der Waals surface area contributed by atoms with E-state index in [4.69, 9.17) is 14.6 Å². The lowest BCUT2D eigenvalue weighted by Gasteiger charge is -2.26. The summed E-state index contributed by atoms with van der Waals surface area (Å²) in [7, 11) is 0. The van der Waals surface area contributed by atoms with Gasteiger partial charge in [0.05, 0.1) is 22.8 Å². The predicted molar refractivity (Wildman–Crippen MR) is 210 cm³/mol. The SMILES string of the molecule is Cc1[nH]nc2cc(Nc3nc4cccc(C(O)C5CCOCC5)n4n3)ccc12.Cc1[nH]nc2cc(Nc3nc4cccc(CC5CCOCC5)n4n3)ccc12. The molecule has 1 atom stereocenters. The van der Waals surface area contributed by atoms with Crippen molar-refractivity contribution in [3.63, 3.8) is 0 Å². The van der Waals surface area contributed by atoms with Crippen molar-refractivity contribution in [2.24, 2.45) is 11.8 Å². The summed E-state index contributed by atoms with van der Waals surface area (Å²) in [6, 6.07) is 23.9. The van der Waals surface area contributed by atoms with Crippen LogP contribution in [-0.2, 0) is 15.9 Å². The van der Waals surface area contributed by atoms with E-state index in [9.17, 15) is 5.11 Å². The molecule has 6 aromatic heterocycles. The number of aliphatic hydroxyl groups is 1. The molecular formula is C40H44N12O3. The number of pyridine rings is 2. The maximum atomic E-state index is 10.9. The van der Waals surface area contributed by atoms with Crippen molar-refractivity contribution in [3.05, 3.63) is 95.6 Å². The van der Waals surface area contributed by atoms with Crippen LogP contribution in [-0.4, -0.2) is 81.1 Å². The van der Waals surface area contributed by atoms with Crippen molar-refractivity contribution in [3.8, 4) is 0 Å². The van der Waals surface area contributed by atoms with Crippen LogP contribution in [0.5, 0.6) is 0 Å². The third-order valence-corrected chi connectivity index (χ3v) is 10.7. The number of rotatable bonds is 8. The molecule has 0 bridgehead atoms. The van der Waals surface area contributed by atoms with E-state index in [1.54, 1.807) is 4.52 Å². The number of aromatic amines is 2. The minimum absolute atomic E-state index is 0.172. The zero-order valence-corrected chi connectivity index (χ0v) is 30.9. The van der Waals surface area contributed by atoms with Gasteiger partial charge in [-0.1, -0.05) is 12.1 Å². The molecule has 0 radical (unpaired) electrons. The molecule has 2 aliphatic rings. The summed E-state index contributed by atoms with van der Waals surface area (Å²) in [6.07, 6.45) is 4.33. The van der Waals surface area contributed by atoms with E-state index in [-0.39, 0.29) is 5.92 Å². The monoisotopic (exact) mass is 740 g/mol. The Kier molecular flexibility index (Phi) is 9.56. The second-order valence-corrected chi connectivity index (χ2v) is 14.4. The Morgan fingerprint density at radius 3 is 1.87 bits per heavy atom. The average molecular weight is 741 g/mol. The summed E-state index contributed by atoms with van der Waals surface area (Å²) in [5.41, 5.74) is 9.23. The minimum Gasteiger partial charge on any atom is -0.387 e. The largest absolute Gasteiger partial charge is 0.387 e. The number of nitrogens with one attached hydrogen (secondary N) is 4. The zero-order chi connectivity index (χ0) is 37.3. The molecule has 2 fully saturated rings. The Hall–Kier alpha value is -5.90. The molecule has 8 aromatic rings. The standard InChI is InChI=1S/C20H22N6O2.C20H22N6O/c1-12-15-6-5-14(11-16(15)24-23-12)21-20-22-18-4-2-3-17(26(18)25-20)19(27)13-7-9-28-10-8-13;1-13-17-6-5-15(12-18(17)24-23-13)21-20-22-19-4-2-3-16(26(19)25-20)11-14-7-9-27-10-8-14/h2-6,11,13,19,27H,7-10H2,1H3,(H,21,25)(H,23,24);2-6,12,14H,7-11H2,1H3,(H,21,25)(H,23,24). The number of hydrogen-bond acceptors (Lipinski definition) is 11.